The molecule has 11 nitrogen and oxygen atoms in total. The van der Waals surface area contributed by atoms with Crippen molar-refractivity contribution in [1.29, 1.82) is 5.26 Å². The molecule has 0 bridgehead atoms. The highest BCUT2D eigenvalue weighted by Crippen LogP contribution is 2.31. The number of ether oxygens (including phenoxy) is 1. The summed E-state index contributed by atoms with van der Waals surface area (Å²) >= 11 is 3.21. The van der Waals surface area contributed by atoms with Gasteiger partial charge in [0.15, 0.2) is 0 Å². The van der Waals surface area contributed by atoms with Gasteiger partial charge in [0, 0.05) is 92.5 Å². The van der Waals surface area contributed by atoms with E-state index in [2.05, 4.69) is 19.9 Å². The minimum absolute atomic E-state index is 0.000793. The summed E-state index contributed by atoms with van der Waals surface area (Å²) in [6, 6.07) is 15.8. The molecule has 0 atom stereocenters. The van der Waals surface area contributed by atoms with Crippen molar-refractivity contribution in [2.24, 2.45) is 0 Å². The smallest absolute Gasteiger partial charge is 0.255 e. The lowest BCUT2D eigenvalue weighted by Gasteiger charge is -2.36. The SMILES string of the molecule is CC.COc1ccncc1N1CCN(C(=O)c2ccnc3cc(C)sc23)CC1.Cc1cc2nccc(C(=O)N3CCN(c4cc(F)cc(C#N)c4)CC3)c2s1. The molecule has 5 aromatic heterocycles. The fourth-order valence-corrected chi connectivity index (χ4v) is 8.66. The molecular weight excluding hydrogens is 736 g/mol. The van der Waals surface area contributed by atoms with Crippen LogP contribution in [-0.2, 0) is 0 Å². The van der Waals surface area contributed by atoms with E-state index in [9.17, 15) is 14.0 Å². The topological polar surface area (TPSA) is 119 Å². The molecule has 8 rings (SSSR count). The van der Waals surface area contributed by atoms with Gasteiger partial charge in [-0.3, -0.25) is 24.5 Å². The Kier molecular flexibility index (Phi) is 12.5. The number of carbonyl (C=O) groups is 2. The molecule has 6 aromatic rings. The number of aromatic nitrogens is 3. The molecule has 284 valence electrons. The van der Waals surface area contributed by atoms with Crippen molar-refractivity contribution >= 4 is 66.3 Å². The second-order valence-corrected chi connectivity index (χ2v) is 15.3. The number of anilines is 2. The third-order valence-corrected chi connectivity index (χ3v) is 11.5. The lowest BCUT2D eigenvalue weighted by atomic mass is 10.1. The number of hydrogen-bond acceptors (Lipinski definition) is 11. The van der Waals surface area contributed by atoms with Crippen molar-refractivity contribution in [2.75, 3.05) is 69.3 Å². The minimum Gasteiger partial charge on any atom is -0.494 e. The number of thiophene rings is 2. The summed E-state index contributed by atoms with van der Waals surface area (Å²) < 4.78 is 21.0. The minimum atomic E-state index is -0.421. The summed E-state index contributed by atoms with van der Waals surface area (Å²) in [7, 11) is 1.66. The first kappa shape index (κ1) is 39.1. The van der Waals surface area contributed by atoms with Crippen molar-refractivity contribution in [3.05, 3.63) is 106 Å². The first-order valence-corrected chi connectivity index (χ1v) is 19.8. The summed E-state index contributed by atoms with van der Waals surface area (Å²) in [5.41, 5.74) is 5.14. The highest BCUT2D eigenvalue weighted by Gasteiger charge is 2.27. The molecule has 0 N–H and O–H groups in total. The van der Waals surface area contributed by atoms with Crippen LogP contribution in [0.2, 0.25) is 0 Å². The molecule has 2 aliphatic rings. The Hall–Kier alpha value is -5.65. The van der Waals surface area contributed by atoms with Gasteiger partial charge in [0.25, 0.3) is 11.8 Å². The molecule has 7 heterocycles. The number of halogens is 1. The number of hydrogen-bond donors (Lipinski definition) is 0. The average Bonchev–Trinajstić information content (AvgIpc) is 3.81. The quantitative estimate of drug-likeness (QED) is 0.175. The number of carbonyl (C=O) groups excluding carboxylic acids is 2. The van der Waals surface area contributed by atoms with Gasteiger partial charge >= 0.3 is 0 Å². The first-order chi connectivity index (χ1) is 26.7. The van der Waals surface area contributed by atoms with Crippen LogP contribution in [0.3, 0.4) is 0 Å². The fraction of sp³-hybridized carbons (Fsp3) is 0.317. The van der Waals surface area contributed by atoms with Gasteiger partial charge in [-0.05, 0) is 56.3 Å². The van der Waals surface area contributed by atoms with Crippen molar-refractivity contribution in [3.63, 3.8) is 0 Å². The normalized spacial score (nSPS) is 14.1. The molecule has 55 heavy (non-hydrogen) atoms. The zero-order chi connectivity index (χ0) is 39.1. The van der Waals surface area contributed by atoms with Crippen LogP contribution in [0.15, 0.2) is 73.3 Å². The number of aryl methyl sites for hydroxylation is 2. The second-order valence-electron chi connectivity index (χ2n) is 12.8. The number of nitriles is 1. The molecular formula is C41H43FN8O3S2. The standard InChI is InChI=1S/C20H17FN4OS.C19H20N4O2S.C2H6/c1-13-8-18-19(27-13)17(2-3-23-18)20(26)25-6-4-24(5-7-25)16-10-14(12-22)9-15(21)11-16;1-13-11-15-18(26-13)14(3-6-21-15)19(24)23-9-7-22(8-10-23)16-12-20-5-4-17(16)25-2;1-2/h2-3,8-11H,4-7H2,1H3;3-6,11-12H,7-10H2,1-2H3;1-2H3. The van der Waals surface area contributed by atoms with Gasteiger partial charge in [0.1, 0.15) is 11.6 Å². The van der Waals surface area contributed by atoms with Crippen LogP contribution in [0, 0.1) is 31.0 Å². The number of methoxy groups -OCH3 is 1. The predicted molar refractivity (Wildman–Crippen MR) is 218 cm³/mol. The number of rotatable bonds is 5. The number of fused-ring (bicyclic) bond motifs is 2. The van der Waals surface area contributed by atoms with Gasteiger partial charge in [-0.1, -0.05) is 13.8 Å². The molecule has 2 amide bonds. The summed E-state index contributed by atoms with van der Waals surface area (Å²) in [6.07, 6.45) is 6.93. The maximum atomic E-state index is 13.7. The van der Waals surface area contributed by atoms with Crippen LogP contribution in [0.25, 0.3) is 20.4 Å². The largest absolute Gasteiger partial charge is 0.494 e. The van der Waals surface area contributed by atoms with E-state index < -0.39 is 5.82 Å². The Morgan fingerprint density at radius 2 is 1.27 bits per heavy atom. The van der Waals surface area contributed by atoms with Crippen molar-refractivity contribution in [2.45, 2.75) is 27.7 Å². The van der Waals surface area contributed by atoms with Gasteiger partial charge in [0.05, 0.1) is 62.2 Å². The molecule has 14 heteroatoms. The molecule has 2 aliphatic heterocycles. The molecule has 0 saturated carbocycles. The molecule has 2 fully saturated rings. The van der Waals surface area contributed by atoms with Crippen LogP contribution in [0.4, 0.5) is 15.8 Å². The van der Waals surface area contributed by atoms with Gasteiger partial charge in [-0.15, -0.1) is 22.7 Å². The number of benzene rings is 1. The maximum Gasteiger partial charge on any atom is 0.255 e. The fourth-order valence-electron chi connectivity index (χ4n) is 6.72. The summed E-state index contributed by atoms with van der Waals surface area (Å²) in [5, 5.41) is 9.02. The van der Waals surface area contributed by atoms with Crippen molar-refractivity contribution < 1.29 is 18.7 Å². The van der Waals surface area contributed by atoms with Crippen molar-refractivity contribution in [3.8, 4) is 11.8 Å². The Morgan fingerprint density at radius 1 is 0.745 bits per heavy atom. The molecule has 0 aliphatic carbocycles. The number of piperazine rings is 2. The highest BCUT2D eigenvalue weighted by atomic mass is 32.1. The summed E-state index contributed by atoms with van der Waals surface area (Å²) in [6.45, 7) is 13.2. The third kappa shape index (κ3) is 8.69. The Balaban J connectivity index is 0.000000179. The second kappa shape index (κ2) is 17.7. The van der Waals surface area contributed by atoms with E-state index in [1.165, 1.54) is 17.0 Å². The van der Waals surface area contributed by atoms with Crippen LogP contribution in [0.1, 0.15) is 49.9 Å². The van der Waals surface area contributed by atoms with Crippen molar-refractivity contribution in [1.82, 2.24) is 24.8 Å². The first-order valence-electron chi connectivity index (χ1n) is 18.2. The molecule has 0 radical (unpaired) electrons. The molecule has 1 aromatic carbocycles. The van der Waals surface area contributed by atoms with Crippen LogP contribution in [-0.4, -0.2) is 96.0 Å². The Morgan fingerprint density at radius 3 is 1.78 bits per heavy atom. The summed E-state index contributed by atoms with van der Waals surface area (Å²) in [5.74, 6) is 0.470. The van der Waals surface area contributed by atoms with E-state index in [1.807, 2.05) is 78.9 Å². The van der Waals surface area contributed by atoms with E-state index in [0.717, 1.165) is 55.4 Å². The van der Waals surface area contributed by atoms with E-state index in [4.69, 9.17) is 10.00 Å². The zero-order valence-corrected chi connectivity index (χ0v) is 33.2. The van der Waals surface area contributed by atoms with E-state index in [0.29, 0.717) is 56.1 Å². The number of nitrogens with zero attached hydrogens (tertiary/aromatic N) is 8. The number of pyridine rings is 3. The van der Waals surface area contributed by atoms with E-state index in [-0.39, 0.29) is 11.8 Å². The molecule has 0 unspecified atom stereocenters. The lowest BCUT2D eigenvalue weighted by Crippen LogP contribution is -2.49. The van der Waals surface area contributed by atoms with Gasteiger partial charge in [0.2, 0.25) is 0 Å². The van der Waals surface area contributed by atoms with Gasteiger partial charge in [-0.25, -0.2) is 4.39 Å². The monoisotopic (exact) mass is 778 g/mol. The predicted octanol–water partition coefficient (Wildman–Crippen LogP) is 7.57. The van der Waals surface area contributed by atoms with Crippen LogP contribution in [0.5, 0.6) is 5.75 Å². The molecule has 0 spiro atoms. The highest BCUT2D eigenvalue weighted by molar-refractivity contribution is 7.19. The van der Waals surface area contributed by atoms with Gasteiger partial charge < -0.3 is 24.3 Å². The number of amides is 2. The average molecular weight is 779 g/mol. The van der Waals surface area contributed by atoms with Crippen LogP contribution >= 0.6 is 22.7 Å². The lowest BCUT2D eigenvalue weighted by molar-refractivity contribution is 0.0741. The van der Waals surface area contributed by atoms with Gasteiger partial charge in [-0.2, -0.15) is 5.26 Å². The Labute approximate surface area is 328 Å². The zero-order valence-electron chi connectivity index (χ0n) is 31.6. The summed E-state index contributed by atoms with van der Waals surface area (Å²) in [4.78, 5) is 49.2. The van der Waals surface area contributed by atoms with Crippen LogP contribution < -0.4 is 14.5 Å². The molecule has 2 saturated heterocycles. The Bertz CT molecular complexity index is 2340. The maximum absolute atomic E-state index is 13.7. The third-order valence-electron chi connectivity index (χ3n) is 9.36. The van der Waals surface area contributed by atoms with E-state index in [1.54, 1.807) is 60.5 Å². The van der Waals surface area contributed by atoms with E-state index >= 15 is 0 Å².